The highest BCUT2D eigenvalue weighted by molar-refractivity contribution is 7.17. The molecule has 19 heavy (non-hydrogen) atoms. The topological polar surface area (TPSA) is 81.3 Å². The monoisotopic (exact) mass is 280 g/mol. The van der Waals surface area contributed by atoms with Crippen molar-refractivity contribution in [3.8, 4) is 0 Å². The number of aromatic nitrogens is 2. The van der Waals surface area contributed by atoms with Crippen molar-refractivity contribution in [1.82, 2.24) is 9.13 Å². The molecule has 1 fully saturated rings. The number of hydrogen-bond acceptors (Lipinski definition) is 4. The first-order valence-corrected chi connectivity index (χ1v) is 6.83. The van der Waals surface area contributed by atoms with E-state index in [1.165, 1.54) is 17.0 Å². The predicted octanol–water partition coefficient (Wildman–Crippen LogP) is 0.870. The Morgan fingerprint density at radius 2 is 2.16 bits per heavy atom. The van der Waals surface area contributed by atoms with E-state index < -0.39 is 11.5 Å². The molecule has 1 N–H and O–H groups in total. The summed E-state index contributed by atoms with van der Waals surface area (Å²) in [5.41, 5.74) is -0.931. The second-order valence-electron chi connectivity index (χ2n) is 4.84. The van der Waals surface area contributed by atoms with Gasteiger partial charge in [-0.05, 0) is 18.8 Å². The van der Waals surface area contributed by atoms with Crippen LogP contribution in [-0.2, 0) is 13.6 Å². The van der Waals surface area contributed by atoms with Gasteiger partial charge in [-0.15, -0.1) is 11.3 Å². The van der Waals surface area contributed by atoms with Crippen molar-refractivity contribution in [1.29, 1.82) is 0 Å². The summed E-state index contributed by atoms with van der Waals surface area (Å²) >= 11 is 1.14. The van der Waals surface area contributed by atoms with Crippen molar-refractivity contribution < 1.29 is 9.90 Å². The van der Waals surface area contributed by atoms with Crippen LogP contribution < -0.4 is 11.2 Å². The van der Waals surface area contributed by atoms with Gasteiger partial charge < -0.3 is 5.11 Å². The smallest absolute Gasteiger partial charge is 0.337 e. The van der Waals surface area contributed by atoms with Crippen LogP contribution in [0.3, 0.4) is 0 Å². The third-order valence-corrected chi connectivity index (χ3v) is 4.42. The number of nitrogens with zero attached hydrogens (tertiary/aromatic N) is 2. The maximum absolute atomic E-state index is 12.1. The molecule has 0 aliphatic heterocycles. The van der Waals surface area contributed by atoms with Crippen LogP contribution in [0.1, 0.15) is 23.2 Å². The highest BCUT2D eigenvalue weighted by Gasteiger charge is 2.26. The highest BCUT2D eigenvalue weighted by atomic mass is 32.1. The molecule has 3 rings (SSSR count). The molecular formula is C12H12N2O4S. The lowest BCUT2D eigenvalue weighted by atomic mass is 10.2. The SMILES string of the molecule is Cn1c(=O)c2c(C(=O)O)csc2n(CC2CC2)c1=O. The van der Waals surface area contributed by atoms with Crippen molar-refractivity contribution >= 4 is 27.5 Å². The fourth-order valence-corrected chi connectivity index (χ4v) is 3.20. The van der Waals surface area contributed by atoms with Gasteiger partial charge in [0.05, 0.1) is 10.9 Å². The Morgan fingerprint density at radius 1 is 1.47 bits per heavy atom. The fraction of sp³-hybridized carbons (Fsp3) is 0.417. The molecule has 2 aromatic rings. The first-order chi connectivity index (χ1) is 9.00. The number of aromatic carboxylic acids is 1. The van der Waals surface area contributed by atoms with Gasteiger partial charge in [0, 0.05) is 19.0 Å². The highest BCUT2D eigenvalue weighted by Crippen LogP contribution is 2.32. The molecule has 1 aliphatic carbocycles. The fourth-order valence-electron chi connectivity index (χ4n) is 2.15. The van der Waals surface area contributed by atoms with E-state index in [0.29, 0.717) is 17.3 Å². The van der Waals surface area contributed by atoms with Gasteiger partial charge in [0.15, 0.2) is 0 Å². The minimum Gasteiger partial charge on any atom is -0.478 e. The average molecular weight is 280 g/mol. The second kappa shape index (κ2) is 4.06. The third-order valence-electron chi connectivity index (χ3n) is 3.42. The van der Waals surface area contributed by atoms with Crippen LogP contribution in [0.25, 0.3) is 10.2 Å². The summed E-state index contributed by atoms with van der Waals surface area (Å²) in [6.45, 7) is 0.559. The van der Waals surface area contributed by atoms with E-state index in [-0.39, 0.29) is 16.6 Å². The molecule has 1 aliphatic rings. The summed E-state index contributed by atoms with van der Waals surface area (Å²) in [7, 11) is 1.39. The number of rotatable bonds is 3. The molecule has 7 heteroatoms. The molecular weight excluding hydrogens is 268 g/mol. The average Bonchev–Trinajstić information content (AvgIpc) is 3.07. The lowest BCUT2D eigenvalue weighted by Gasteiger charge is -2.08. The summed E-state index contributed by atoms with van der Waals surface area (Å²) in [6.07, 6.45) is 2.15. The zero-order valence-electron chi connectivity index (χ0n) is 10.3. The maximum atomic E-state index is 12.1. The first kappa shape index (κ1) is 12.2. The normalized spacial score (nSPS) is 15.0. The van der Waals surface area contributed by atoms with Crippen molar-refractivity contribution in [3.63, 3.8) is 0 Å². The molecule has 0 aromatic carbocycles. The van der Waals surface area contributed by atoms with Gasteiger partial charge in [0.25, 0.3) is 5.56 Å². The number of carboxylic acids is 1. The minimum atomic E-state index is -1.14. The van der Waals surface area contributed by atoms with Crippen LogP contribution in [0.15, 0.2) is 15.0 Å². The van der Waals surface area contributed by atoms with Gasteiger partial charge in [0.2, 0.25) is 0 Å². The zero-order valence-corrected chi connectivity index (χ0v) is 11.1. The molecule has 0 bridgehead atoms. The van der Waals surface area contributed by atoms with Crippen molar-refractivity contribution in [2.45, 2.75) is 19.4 Å². The van der Waals surface area contributed by atoms with Gasteiger partial charge >= 0.3 is 11.7 Å². The standard InChI is InChI=1S/C12H12N2O4S/c1-13-9(15)8-7(11(16)17)5-19-10(8)14(12(13)18)4-6-2-3-6/h5-6H,2-4H2,1H3,(H,16,17). The lowest BCUT2D eigenvalue weighted by Crippen LogP contribution is -2.38. The van der Waals surface area contributed by atoms with Gasteiger partial charge in [-0.2, -0.15) is 0 Å². The van der Waals surface area contributed by atoms with Crippen LogP contribution in [0.2, 0.25) is 0 Å². The summed E-state index contributed by atoms with van der Waals surface area (Å²) in [5, 5.41) is 10.7. The van der Waals surface area contributed by atoms with E-state index in [0.717, 1.165) is 28.7 Å². The molecule has 100 valence electrons. The third kappa shape index (κ3) is 1.81. The number of thiophene rings is 1. The maximum Gasteiger partial charge on any atom is 0.337 e. The van der Waals surface area contributed by atoms with Gasteiger partial charge in [-0.1, -0.05) is 0 Å². The minimum absolute atomic E-state index is 0.0230. The van der Waals surface area contributed by atoms with Crippen molar-refractivity contribution in [2.75, 3.05) is 0 Å². The van der Waals surface area contributed by atoms with Crippen molar-refractivity contribution in [2.24, 2.45) is 13.0 Å². The molecule has 0 spiro atoms. The van der Waals surface area contributed by atoms with Crippen LogP contribution in [0.4, 0.5) is 0 Å². The van der Waals surface area contributed by atoms with Gasteiger partial charge in [-0.25, -0.2) is 9.59 Å². The Balaban J connectivity index is 2.39. The molecule has 0 saturated heterocycles. The Hall–Kier alpha value is -1.89. The number of carbonyl (C=O) groups is 1. The van der Waals surface area contributed by atoms with Crippen LogP contribution >= 0.6 is 11.3 Å². The molecule has 0 radical (unpaired) electrons. The van der Waals surface area contributed by atoms with E-state index in [2.05, 4.69) is 0 Å². The molecule has 6 nitrogen and oxygen atoms in total. The molecule has 0 unspecified atom stereocenters. The summed E-state index contributed by atoms with van der Waals surface area (Å²) in [5.74, 6) is -0.672. The predicted molar refractivity (Wildman–Crippen MR) is 71.0 cm³/mol. The molecule has 2 heterocycles. The molecule has 0 amide bonds. The van der Waals surface area contributed by atoms with E-state index in [1.54, 1.807) is 0 Å². The summed E-state index contributed by atoms with van der Waals surface area (Å²) in [4.78, 5) is 35.8. The van der Waals surface area contributed by atoms with Crippen molar-refractivity contribution in [3.05, 3.63) is 31.8 Å². The molecule has 0 atom stereocenters. The zero-order chi connectivity index (χ0) is 13.7. The number of carboxylic acid groups (broad SMARTS) is 1. The Bertz CT molecular complexity index is 794. The number of fused-ring (bicyclic) bond motifs is 1. The van der Waals surface area contributed by atoms with Crippen LogP contribution in [-0.4, -0.2) is 20.2 Å². The largest absolute Gasteiger partial charge is 0.478 e. The van der Waals surface area contributed by atoms with Crippen LogP contribution in [0, 0.1) is 5.92 Å². The summed E-state index contributed by atoms with van der Waals surface area (Å²) in [6, 6.07) is 0. The Kier molecular flexibility index (Phi) is 2.60. The Morgan fingerprint density at radius 3 is 2.74 bits per heavy atom. The van der Waals surface area contributed by atoms with Crippen LogP contribution in [0.5, 0.6) is 0 Å². The quantitative estimate of drug-likeness (QED) is 0.904. The number of hydrogen-bond donors (Lipinski definition) is 1. The lowest BCUT2D eigenvalue weighted by molar-refractivity contribution is 0.0699. The van der Waals surface area contributed by atoms with E-state index in [4.69, 9.17) is 5.11 Å². The van der Waals surface area contributed by atoms with Gasteiger partial charge in [-0.3, -0.25) is 13.9 Å². The van der Waals surface area contributed by atoms with E-state index in [9.17, 15) is 14.4 Å². The molecule has 1 saturated carbocycles. The Labute approximate surface area is 111 Å². The second-order valence-corrected chi connectivity index (χ2v) is 5.69. The first-order valence-electron chi connectivity index (χ1n) is 5.95. The van der Waals surface area contributed by atoms with E-state index >= 15 is 0 Å². The summed E-state index contributed by atoms with van der Waals surface area (Å²) < 4.78 is 2.52. The molecule has 2 aromatic heterocycles. The van der Waals surface area contributed by atoms with E-state index in [1.807, 2.05) is 0 Å². The van der Waals surface area contributed by atoms with Gasteiger partial charge in [0.1, 0.15) is 4.83 Å².